The standard InChI is InChI=1S/C12H7BrFNO2S/c13-10-7(12(16)17)4-5-8(11(10)14)18-9-3-1-2-6-15-9/h1-6H,(H,16,17). The maximum atomic E-state index is 13.9. The predicted octanol–water partition coefficient (Wildman–Crippen LogP) is 3.83. The quantitative estimate of drug-likeness (QED) is 0.930. The smallest absolute Gasteiger partial charge is 0.336 e. The number of pyridine rings is 1. The molecule has 0 unspecified atom stereocenters. The number of carboxylic acids is 1. The second-order valence-corrected chi connectivity index (χ2v) is 5.17. The largest absolute Gasteiger partial charge is 0.478 e. The molecule has 0 spiro atoms. The zero-order chi connectivity index (χ0) is 13.1. The molecule has 0 aliphatic rings. The van der Waals surface area contributed by atoms with E-state index in [4.69, 9.17) is 5.11 Å². The van der Waals surface area contributed by atoms with Crippen LogP contribution in [0.25, 0.3) is 0 Å². The maximum Gasteiger partial charge on any atom is 0.336 e. The van der Waals surface area contributed by atoms with E-state index in [2.05, 4.69) is 20.9 Å². The Balaban J connectivity index is 2.36. The minimum absolute atomic E-state index is 0.0454. The Morgan fingerprint density at radius 2 is 2.11 bits per heavy atom. The van der Waals surface area contributed by atoms with Crippen LogP contribution in [0.2, 0.25) is 0 Å². The first kappa shape index (κ1) is 13.0. The molecule has 6 heteroatoms. The molecule has 0 aliphatic heterocycles. The molecule has 0 saturated heterocycles. The Morgan fingerprint density at radius 3 is 2.72 bits per heavy atom. The molecule has 1 heterocycles. The van der Waals surface area contributed by atoms with Crippen molar-refractivity contribution in [2.45, 2.75) is 9.92 Å². The molecule has 92 valence electrons. The van der Waals surface area contributed by atoms with Gasteiger partial charge in [-0.25, -0.2) is 14.2 Å². The highest BCUT2D eigenvalue weighted by Gasteiger charge is 2.16. The van der Waals surface area contributed by atoms with Gasteiger partial charge in [0.25, 0.3) is 0 Å². The summed E-state index contributed by atoms with van der Waals surface area (Å²) < 4.78 is 13.9. The van der Waals surface area contributed by atoms with Crippen LogP contribution in [0.3, 0.4) is 0 Å². The van der Waals surface area contributed by atoms with Gasteiger partial charge in [0.15, 0.2) is 5.82 Å². The van der Waals surface area contributed by atoms with Gasteiger partial charge in [0.1, 0.15) is 5.03 Å². The van der Waals surface area contributed by atoms with Crippen molar-refractivity contribution >= 4 is 33.7 Å². The predicted molar refractivity (Wildman–Crippen MR) is 69.4 cm³/mol. The molecule has 1 aromatic carbocycles. The summed E-state index contributed by atoms with van der Waals surface area (Å²) in [5.41, 5.74) is -0.0992. The molecule has 2 aromatic rings. The number of halogens is 2. The third-order valence-corrected chi connectivity index (χ3v) is 3.89. The van der Waals surface area contributed by atoms with Crippen LogP contribution in [0.5, 0.6) is 0 Å². The monoisotopic (exact) mass is 327 g/mol. The van der Waals surface area contributed by atoms with Crippen LogP contribution in [0, 0.1) is 5.82 Å². The molecule has 3 nitrogen and oxygen atoms in total. The van der Waals surface area contributed by atoms with Crippen molar-refractivity contribution < 1.29 is 14.3 Å². The molecule has 0 amide bonds. The van der Waals surface area contributed by atoms with Crippen molar-refractivity contribution in [1.29, 1.82) is 0 Å². The van der Waals surface area contributed by atoms with E-state index in [1.165, 1.54) is 12.1 Å². The minimum atomic E-state index is -1.17. The van der Waals surface area contributed by atoms with Gasteiger partial charge in [-0.3, -0.25) is 0 Å². The fourth-order valence-electron chi connectivity index (χ4n) is 1.30. The first-order chi connectivity index (χ1) is 8.59. The van der Waals surface area contributed by atoms with Crippen molar-refractivity contribution in [3.63, 3.8) is 0 Å². The summed E-state index contributed by atoms with van der Waals surface area (Å²) >= 11 is 4.10. The van der Waals surface area contributed by atoms with Crippen LogP contribution in [-0.4, -0.2) is 16.1 Å². The van der Waals surface area contributed by atoms with Crippen molar-refractivity contribution in [3.05, 3.63) is 52.4 Å². The van der Waals surface area contributed by atoms with E-state index < -0.39 is 11.8 Å². The van der Waals surface area contributed by atoms with Crippen molar-refractivity contribution in [3.8, 4) is 0 Å². The SMILES string of the molecule is O=C(O)c1ccc(Sc2ccccn2)c(F)c1Br. The van der Waals surface area contributed by atoms with Crippen LogP contribution in [-0.2, 0) is 0 Å². The first-order valence-electron chi connectivity index (χ1n) is 4.90. The van der Waals surface area contributed by atoms with E-state index in [0.717, 1.165) is 11.8 Å². The summed E-state index contributed by atoms with van der Waals surface area (Å²) in [5.74, 6) is -1.76. The van der Waals surface area contributed by atoms with Gasteiger partial charge in [0, 0.05) is 6.20 Å². The van der Waals surface area contributed by atoms with Crippen molar-refractivity contribution in [2.24, 2.45) is 0 Å². The van der Waals surface area contributed by atoms with E-state index in [9.17, 15) is 9.18 Å². The summed E-state index contributed by atoms with van der Waals surface area (Å²) in [6, 6.07) is 8.12. The lowest BCUT2D eigenvalue weighted by Crippen LogP contribution is -2.00. The number of aromatic nitrogens is 1. The van der Waals surface area contributed by atoms with Crippen molar-refractivity contribution in [2.75, 3.05) is 0 Å². The van der Waals surface area contributed by atoms with Crippen LogP contribution >= 0.6 is 27.7 Å². The molecule has 0 aliphatic carbocycles. The molecule has 2 rings (SSSR count). The number of benzene rings is 1. The van der Waals surface area contributed by atoms with E-state index in [0.29, 0.717) is 9.92 Å². The number of nitrogens with zero attached hydrogens (tertiary/aromatic N) is 1. The molecule has 0 radical (unpaired) electrons. The van der Waals surface area contributed by atoms with Crippen LogP contribution in [0.15, 0.2) is 50.9 Å². The highest BCUT2D eigenvalue weighted by atomic mass is 79.9. The fourth-order valence-corrected chi connectivity index (χ4v) is 2.76. The zero-order valence-corrected chi connectivity index (χ0v) is 11.3. The number of aromatic carboxylic acids is 1. The molecule has 1 N–H and O–H groups in total. The molecule has 18 heavy (non-hydrogen) atoms. The summed E-state index contributed by atoms with van der Waals surface area (Å²) in [5, 5.41) is 9.50. The number of carboxylic acid groups (broad SMARTS) is 1. The summed E-state index contributed by atoms with van der Waals surface area (Å²) in [6.45, 7) is 0. The van der Waals surface area contributed by atoms with Crippen molar-refractivity contribution in [1.82, 2.24) is 4.98 Å². The lowest BCUT2D eigenvalue weighted by molar-refractivity contribution is 0.0695. The number of carbonyl (C=O) groups is 1. The van der Waals surface area contributed by atoms with Gasteiger partial charge >= 0.3 is 5.97 Å². The number of hydrogen-bond donors (Lipinski definition) is 1. The first-order valence-corrected chi connectivity index (χ1v) is 6.50. The Morgan fingerprint density at radius 1 is 1.33 bits per heavy atom. The summed E-state index contributed by atoms with van der Waals surface area (Å²) in [7, 11) is 0. The molecular weight excluding hydrogens is 321 g/mol. The second kappa shape index (κ2) is 5.49. The van der Waals surface area contributed by atoms with Crippen LogP contribution in [0.4, 0.5) is 4.39 Å². The third kappa shape index (κ3) is 2.70. The van der Waals surface area contributed by atoms with Gasteiger partial charge in [0.2, 0.25) is 0 Å². The van der Waals surface area contributed by atoms with Gasteiger partial charge in [-0.05, 0) is 40.2 Å². The Labute approximate surface area is 115 Å². The fraction of sp³-hybridized carbons (Fsp3) is 0. The highest BCUT2D eigenvalue weighted by Crippen LogP contribution is 2.33. The topological polar surface area (TPSA) is 50.2 Å². The van der Waals surface area contributed by atoms with Gasteiger partial charge in [0.05, 0.1) is 14.9 Å². The molecule has 0 atom stereocenters. The highest BCUT2D eigenvalue weighted by molar-refractivity contribution is 9.10. The zero-order valence-electron chi connectivity index (χ0n) is 8.93. The Hall–Kier alpha value is -1.40. The van der Waals surface area contributed by atoms with Gasteiger partial charge in [-0.15, -0.1) is 0 Å². The molecular formula is C12H7BrFNO2S. The average molecular weight is 328 g/mol. The maximum absolute atomic E-state index is 13.9. The van der Waals surface area contributed by atoms with Gasteiger partial charge in [-0.1, -0.05) is 17.8 Å². The minimum Gasteiger partial charge on any atom is -0.478 e. The average Bonchev–Trinajstić information content (AvgIpc) is 2.36. The number of hydrogen-bond acceptors (Lipinski definition) is 3. The van der Waals surface area contributed by atoms with E-state index in [1.807, 2.05) is 0 Å². The van der Waals surface area contributed by atoms with E-state index >= 15 is 0 Å². The van der Waals surface area contributed by atoms with Crippen LogP contribution < -0.4 is 0 Å². The number of rotatable bonds is 3. The third-order valence-electron chi connectivity index (χ3n) is 2.13. The molecule has 1 aromatic heterocycles. The summed E-state index contributed by atoms with van der Waals surface area (Å²) in [6.07, 6.45) is 1.61. The summed E-state index contributed by atoms with van der Waals surface area (Å²) in [4.78, 5) is 15.2. The second-order valence-electron chi connectivity index (χ2n) is 3.31. The normalized spacial score (nSPS) is 10.3. The van der Waals surface area contributed by atoms with E-state index in [1.54, 1.807) is 24.4 Å². The van der Waals surface area contributed by atoms with Gasteiger partial charge in [-0.2, -0.15) is 0 Å². The van der Waals surface area contributed by atoms with Gasteiger partial charge < -0.3 is 5.11 Å². The van der Waals surface area contributed by atoms with E-state index in [-0.39, 0.29) is 10.0 Å². The Kier molecular flexibility index (Phi) is 3.98. The molecule has 0 bridgehead atoms. The molecule has 0 fully saturated rings. The Bertz CT molecular complexity index is 592. The lowest BCUT2D eigenvalue weighted by Gasteiger charge is -2.06. The lowest BCUT2D eigenvalue weighted by atomic mass is 10.2. The van der Waals surface area contributed by atoms with Crippen LogP contribution in [0.1, 0.15) is 10.4 Å². The molecule has 0 saturated carbocycles.